The standard InChI is InChI=1S/C8H18O5S.Na.H/c1-8(3-4-9)7-13-5-2-6-14(10,11)12;;/h8-9H,2-7H2,1H3,(H,10,11,12);;. The van der Waals surface area contributed by atoms with Crippen LogP contribution in [0.3, 0.4) is 0 Å². The van der Waals surface area contributed by atoms with Crippen molar-refractivity contribution in [3.8, 4) is 0 Å². The fourth-order valence-electron chi connectivity index (χ4n) is 0.932. The molecule has 5 nitrogen and oxygen atoms in total. The van der Waals surface area contributed by atoms with Gasteiger partial charge < -0.3 is 9.84 Å². The van der Waals surface area contributed by atoms with E-state index < -0.39 is 10.1 Å². The summed E-state index contributed by atoms with van der Waals surface area (Å²) < 4.78 is 34.1. The molecule has 15 heavy (non-hydrogen) atoms. The van der Waals surface area contributed by atoms with Crippen LogP contribution >= 0.6 is 0 Å². The van der Waals surface area contributed by atoms with Gasteiger partial charge in [-0.3, -0.25) is 4.55 Å². The number of aliphatic hydroxyl groups is 1. The summed E-state index contributed by atoms with van der Waals surface area (Å²) in [5.74, 6) is 0.00668. The van der Waals surface area contributed by atoms with Gasteiger partial charge in [0.05, 0.1) is 5.75 Å². The van der Waals surface area contributed by atoms with Crippen LogP contribution in [0.2, 0.25) is 0 Å². The van der Waals surface area contributed by atoms with Gasteiger partial charge in [0.15, 0.2) is 0 Å². The Morgan fingerprint density at radius 2 is 2.00 bits per heavy atom. The molecule has 2 N–H and O–H groups in total. The molecule has 0 bridgehead atoms. The zero-order chi connectivity index (χ0) is 11.0. The van der Waals surface area contributed by atoms with E-state index in [0.29, 0.717) is 26.1 Å². The van der Waals surface area contributed by atoms with Gasteiger partial charge in [-0.2, -0.15) is 8.42 Å². The van der Waals surface area contributed by atoms with E-state index in [1.807, 2.05) is 6.92 Å². The van der Waals surface area contributed by atoms with Crippen molar-refractivity contribution in [3.63, 3.8) is 0 Å². The molecular formula is C8H19NaO5S. The SMILES string of the molecule is CC(CCO)COCCCS(=O)(=O)O.[NaH]. The Morgan fingerprint density at radius 3 is 2.47 bits per heavy atom. The Hall–Kier alpha value is 0.830. The van der Waals surface area contributed by atoms with E-state index in [-0.39, 0.29) is 47.8 Å². The van der Waals surface area contributed by atoms with E-state index in [0.717, 1.165) is 0 Å². The van der Waals surface area contributed by atoms with Crippen LogP contribution in [-0.2, 0) is 14.9 Å². The quantitative estimate of drug-likeness (QED) is 0.349. The number of rotatable bonds is 8. The van der Waals surface area contributed by atoms with Gasteiger partial charge >= 0.3 is 29.6 Å². The molecule has 88 valence electrons. The molecule has 1 unspecified atom stereocenters. The molecule has 0 fully saturated rings. The molecule has 0 aromatic heterocycles. The minimum atomic E-state index is -3.86. The molecule has 0 aromatic carbocycles. The van der Waals surface area contributed by atoms with Crippen LogP contribution in [0.25, 0.3) is 0 Å². The first-order valence-corrected chi connectivity index (χ1v) is 6.20. The van der Waals surface area contributed by atoms with Crippen LogP contribution in [0.15, 0.2) is 0 Å². The second-order valence-corrected chi connectivity index (χ2v) is 4.90. The third-order valence-corrected chi connectivity index (χ3v) is 2.52. The molecule has 0 amide bonds. The Morgan fingerprint density at radius 1 is 1.40 bits per heavy atom. The first kappa shape index (κ1) is 18.2. The van der Waals surface area contributed by atoms with Crippen molar-refractivity contribution in [1.82, 2.24) is 0 Å². The zero-order valence-electron chi connectivity index (χ0n) is 8.35. The molecule has 0 rings (SSSR count). The van der Waals surface area contributed by atoms with Gasteiger partial charge in [-0.05, 0) is 18.8 Å². The maximum absolute atomic E-state index is 10.3. The molecule has 0 aromatic rings. The van der Waals surface area contributed by atoms with Gasteiger partial charge in [-0.25, -0.2) is 0 Å². The minimum absolute atomic E-state index is 0. The summed E-state index contributed by atoms with van der Waals surface area (Å²) in [5, 5.41) is 8.58. The van der Waals surface area contributed by atoms with Crippen LogP contribution in [0, 0.1) is 5.92 Å². The summed E-state index contributed by atoms with van der Waals surface area (Å²) in [5.41, 5.74) is 0. The van der Waals surface area contributed by atoms with Gasteiger partial charge in [0.2, 0.25) is 0 Å². The molecule has 0 spiro atoms. The Bertz CT molecular complexity index is 229. The molecule has 0 saturated carbocycles. The molecule has 0 heterocycles. The fraction of sp³-hybridized carbons (Fsp3) is 1.00. The number of aliphatic hydroxyl groups excluding tert-OH is 1. The third-order valence-electron chi connectivity index (χ3n) is 1.72. The number of hydrogen-bond donors (Lipinski definition) is 2. The van der Waals surface area contributed by atoms with Gasteiger partial charge in [0.25, 0.3) is 10.1 Å². The monoisotopic (exact) mass is 250 g/mol. The van der Waals surface area contributed by atoms with Crippen LogP contribution in [0.4, 0.5) is 0 Å². The van der Waals surface area contributed by atoms with Crippen LogP contribution in [-0.4, -0.2) is 73.2 Å². The summed E-state index contributed by atoms with van der Waals surface area (Å²) in [6, 6.07) is 0. The molecule has 1 atom stereocenters. The second kappa shape index (κ2) is 10.0. The summed E-state index contributed by atoms with van der Waals surface area (Å²) in [4.78, 5) is 0. The molecule has 0 aliphatic carbocycles. The fourth-order valence-corrected chi connectivity index (χ4v) is 1.41. The maximum atomic E-state index is 10.3. The molecule has 0 saturated heterocycles. The van der Waals surface area contributed by atoms with Crippen molar-refractivity contribution >= 4 is 39.7 Å². The van der Waals surface area contributed by atoms with Gasteiger partial charge in [0.1, 0.15) is 0 Å². The van der Waals surface area contributed by atoms with Crippen molar-refractivity contribution < 1.29 is 22.8 Å². The van der Waals surface area contributed by atoms with Crippen molar-refractivity contribution in [3.05, 3.63) is 0 Å². The van der Waals surface area contributed by atoms with Crippen LogP contribution in [0.1, 0.15) is 19.8 Å². The van der Waals surface area contributed by atoms with Gasteiger partial charge in [0, 0.05) is 19.8 Å². The Labute approximate surface area is 113 Å². The number of hydrogen-bond acceptors (Lipinski definition) is 4. The molecule has 0 aliphatic rings. The summed E-state index contributed by atoms with van der Waals surface area (Å²) in [6.45, 7) is 2.90. The van der Waals surface area contributed by atoms with Gasteiger partial charge in [-0.15, -0.1) is 0 Å². The van der Waals surface area contributed by atoms with Crippen LogP contribution in [0.5, 0.6) is 0 Å². The molecule has 0 aliphatic heterocycles. The summed E-state index contributed by atoms with van der Waals surface area (Å²) >= 11 is 0. The number of ether oxygens (including phenoxy) is 1. The predicted octanol–water partition coefficient (Wildman–Crippen LogP) is -0.349. The first-order valence-electron chi connectivity index (χ1n) is 4.59. The third kappa shape index (κ3) is 14.8. The van der Waals surface area contributed by atoms with Crippen molar-refractivity contribution in [2.75, 3.05) is 25.6 Å². The normalized spacial score (nSPS) is 13.3. The van der Waals surface area contributed by atoms with Gasteiger partial charge in [-0.1, -0.05) is 6.92 Å². The first-order chi connectivity index (χ1) is 6.45. The average Bonchev–Trinajstić information content (AvgIpc) is 2.02. The Balaban J connectivity index is 0. The topological polar surface area (TPSA) is 83.8 Å². The van der Waals surface area contributed by atoms with E-state index in [2.05, 4.69) is 0 Å². The van der Waals surface area contributed by atoms with Crippen molar-refractivity contribution in [2.45, 2.75) is 19.8 Å². The van der Waals surface area contributed by atoms with E-state index in [9.17, 15) is 8.42 Å². The molecular weight excluding hydrogens is 231 g/mol. The molecule has 0 radical (unpaired) electrons. The second-order valence-electron chi connectivity index (χ2n) is 3.33. The molecule has 7 heteroatoms. The summed E-state index contributed by atoms with van der Waals surface area (Å²) in [6.07, 6.45) is 0.975. The van der Waals surface area contributed by atoms with Crippen LogP contribution < -0.4 is 0 Å². The van der Waals surface area contributed by atoms with Crippen molar-refractivity contribution in [1.29, 1.82) is 0 Å². The van der Waals surface area contributed by atoms with E-state index in [4.69, 9.17) is 14.4 Å². The summed E-state index contributed by atoms with van der Waals surface area (Å²) in [7, 11) is -3.86. The van der Waals surface area contributed by atoms with E-state index in [1.54, 1.807) is 0 Å². The predicted molar refractivity (Wildman–Crippen MR) is 59.9 cm³/mol. The zero-order valence-corrected chi connectivity index (χ0v) is 9.16. The average molecular weight is 250 g/mol. The Kier molecular flexibility index (Phi) is 12.2. The van der Waals surface area contributed by atoms with E-state index in [1.165, 1.54) is 0 Å². The van der Waals surface area contributed by atoms with E-state index >= 15 is 0 Å². The van der Waals surface area contributed by atoms with Crippen molar-refractivity contribution in [2.24, 2.45) is 5.92 Å².